The van der Waals surface area contributed by atoms with Crippen LogP contribution in [-0.2, 0) is 6.42 Å². The van der Waals surface area contributed by atoms with Crippen molar-refractivity contribution in [2.45, 2.75) is 71.1 Å². The van der Waals surface area contributed by atoms with Crippen LogP contribution in [-0.4, -0.2) is 22.9 Å². The molecule has 1 amide bonds. The summed E-state index contributed by atoms with van der Waals surface area (Å²) in [4.78, 5) is 15.4. The third-order valence-corrected chi connectivity index (χ3v) is 7.25. The number of carbonyl (C=O) groups excluding carboxylic acids is 1. The molecular weight excluding hydrogens is 356 g/mol. The van der Waals surface area contributed by atoms with E-state index < -0.39 is 0 Å². The molecule has 3 heteroatoms. The van der Waals surface area contributed by atoms with Crippen LogP contribution in [0.1, 0.15) is 74.1 Å². The molecule has 0 spiro atoms. The Morgan fingerprint density at radius 2 is 1.76 bits per heavy atom. The number of hydrogen-bond donors (Lipinski definition) is 1. The molecule has 1 aliphatic carbocycles. The molecule has 1 saturated carbocycles. The van der Waals surface area contributed by atoms with E-state index in [-0.39, 0.29) is 18.1 Å². The van der Waals surface area contributed by atoms with Crippen molar-refractivity contribution >= 4 is 5.91 Å². The molecule has 0 bridgehead atoms. The molecule has 4 rings (SSSR count). The minimum Gasteiger partial charge on any atom is -0.316 e. The first-order valence-corrected chi connectivity index (χ1v) is 11.3. The Hall–Kier alpha value is -2.13. The molecule has 5 atom stereocenters. The predicted octanol–water partition coefficient (Wildman–Crippen LogP) is 5.58. The summed E-state index contributed by atoms with van der Waals surface area (Å²) in [5, 5.41) is 3.92. The summed E-state index contributed by atoms with van der Waals surface area (Å²) in [7, 11) is 0. The van der Waals surface area contributed by atoms with Crippen LogP contribution in [0.2, 0.25) is 0 Å². The molecule has 0 unspecified atom stereocenters. The SMILES string of the molecule is C[C@H]1[C@H](C)CCC[C@@H]1N[C@@H]1c2ccccc2C(=O)N1[C@H](C)CCc1ccccc1. The molecule has 1 heterocycles. The second-order valence-electron chi connectivity index (χ2n) is 9.12. The number of nitrogens with zero attached hydrogens (tertiary/aromatic N) is 1. The highest BCUT2D eigenvalue weighted by Gasteiger charge is 2.41. The summed E-state index contributed by atoms with van der Waals surface area (Å²) in [5.74, 6) is 1.54. The third-order valence-electron chi connectivity index (χ3n) is 7.25. The molecular formula is C26H34N2O. The summed E-state index contributed by atoms with van der Waals surface area (Å²) in [6.07, 6.45) is 5.74. The van der Waals surface area contributed by atoms with Gasteiger partial charge in [-0.2, -0.15) is 0 Å². The number of amides is 1. The zero-order chi connectivity index (χ0) is 20.4. The Labute approximate surface area is 175 Å². The van der Waals surface area contributed by atoms with Gasteiger partial charge < -0.3 is 4.90 Å². The maximum atomic E-state index is 13.3. The van der Waals surface area contributed by atoms with Crippen molar-refractivity contribution in [1.29, 1.82) is 0 Å². The highest BCUT2D eigenvalue weighted by atomic mass is 16.2. The molecule has 154 valence electrons. The Balaban J connectivity index is 1.54. The van der Waals surface area contributed by atoms with E-state index in [0.717, 1.165) is 29.9 Å². The monoisotopic (exact) mass is 390 g/mol. The minimum atomic E-state index is -0.0118. The zero-order valence-electron chi connectivity index (χ0n) is 18.0. The number of nitrogens with one attached hydrogen (secondary N) is 1. The van der Waals surface area contributed by atoms with Gasteiger partial charge in [0.2, 0.25) is 0 Å². The van der Waals surface area contributed by atoms with Crippen molar-refractivity contribution in [2.24, 2.45) is 11.8 Å². The van der Waals surface area contributed by atoms with Crippen molar-refractivity contribution in [3.05, 3.63) is 71.3 Å². The van der Waals surface area contributed by atoms with Gasteiger partial charge in [-0.05, 0) is 49.7 Å². The molecule has 0 aromatic heterocycles. The standard InChI is InChI=1S/C26H34N2O/c1-18-10-9-15-24(20(18)3)27-25-22-13-7-8-14-23(22)26(29)28(25)19(2)16-17-21-11-5-4-6-12-21/h4-8,11-14,18-20,24-25,27H,9-10,15-17H2,1-3H3/t18-,19-,20+,24+,25+/m1/s1. The van der Waals surface area contributed by atoms with E-state index in [0.29, 0.717) is 12.0 Å². The number of fused-ring (bicyclic) bond motifs is 1. The fourth-order valence-electron chi connectivity index (χ4n) is 5.14. The summed E-state index contributed by atoms with van der Waals surface area (Å²) < 4.78 is 0. The van der Waals surface area contributed by atoms with Gasteiger partial charge in [-0.1, -0.05) is 75.2 Å². The average molecular weight is 391 g/mol. The lowest BCUT2D eigenvalue weighted by molar-refractivity contribution is 0.0529. The van der Waals surface area contributed by atoms with Gasteiger partial charge >= 0.3 is 0 Å². The van der Waals surface area contributed by atoms with Crippen LogP contribution in [0, 0.1) is 11.8 Å². The highest BCUT2D eigenvalue weighted by molar-refractivity contribution is 5.99. The molecule has 1 fully saturated rings. The highest BCUT2D eigenvalue weighted by Crippen LogP contribution is 2.37. The van der Waals surface area contributed by atoms with E-state index >= 15 is 0 Å². The van der Waals surface area contributed by atoms with E-state index in [1.807, 2.05) is 12.1 Å². The van der Waals surface area contributed by atoms with Crippen molar-refractivity contribution < 1.29 is 4.79 Å². The maximum absolute atomic E-state index is 13.3. The van der Waals surface area contributed by atoms with Crippen molar-refractivity contribution in [3.63, 3.8) is 0 Å². The van der Waals surface area contributed by atoms with Crippen LogP contribution >= 0.6 is 0 Å². The quantitative estimate of drug-likeness (QED) is 0.699. The largest absolute Gasteiger partial charge is 0.316 e. The first-order valence-electron chi connectivity index (χ1n) is 11.3. The van der Waals surface area contributed by atoms with Gasteiger partial charge in [-0.25, -0.2) is 0 Å². The van der Waals surface area contributed by atoms with Gasteiger partial charge in [0.15, 0.2) is 0 Å². The van der Waals surface area contributed by atoms with Crippen LogP contribution in [0.25, 0.3) is 0 Å². The Kier molecular flexibility index (Phi) is 6.05. The molecule has 0 radical (unpaired) electrons. The molecule has 2 aliphatic rings. The van der Waals surface area contributed by atoms with Gasteiger partial charge in [0.25, 0.3) is 5.91 Å². The molecule has 0 saturated heterocycles. The Morgan fingerprint density at radius 3 is 2.55 bits per heavy atom. The number of rotatable bonds is 6. The summed E-state index contributed by atoms with van der Waals surface area (Å²) >= 11 is 0. The number of benzene rings is 2. The topological polar surface area (TPSA) is 32.3 Å². The van der Waals surface area contributed by atoms with E-state index in [4.69, 9.17) is 0 Å². The molecule has 1 N–H and O–H groups in total. The van der Waals surface area contributed by atoms with E-state index in [1.165, 1.54) is 24.8 Å². The van der Waals surface area contributed by atoms with Gasteiger partial charge in [0.1, 0.15) is 6.17 Å². The molecule has 29 heavy (non-hydrogen) atoms. The van der Waals surface area contributed by atoms with Crippen molar-refractivity contribution in [3.8, 4) is 0 Å². The fourth-order valence-corrected chi connectivity index (χ4v) is 5.14. The summed E-state index contributed by atoms with van der Waals surface area (Å²) in [6, 6.07) is 19.4. The lowest BCUT2D eigenvalue weighted by atomic mass is 9.78. The first-order chi connectivity index (χ1) is 14.1. The van der Waals surface area contributed by atoms with Gasteiger partial charge in [0.05, 0.1) is 0 Å². The molecule has 3 nitrogen and oxygen atoms in total. The van der Waals surface area contributed by atoms with Crippen molar-refractivity contribution in [1.82, 2.24) is 10.2 Å². The zero-order valence-corrected chi connectivity index (χ0v) is 18.0. The van der Waals surface area contributed by atoms with Crippen LogP contribution in [0.4, 0.5) is 0 Å². The number of aryl methyl sites for hydroxylation is 1. The van der Waals surface area contributed by atoms with Gasteiger partial charge in [0, 0.05) is 23.2 Å². The predicted molar refractivity (Wildman–Crippen MR) is 119 cm³/mol. The Bertz CT molecular complexity index is 834. The van der Waals surface area contributed by atoms with Gasteiger partial charge in [-0.15, -0.1) is 0 Å². The third kappa shape index (κ3) is 4.11. The second kappa shape index (κ2) is 8.71. The summed E-state index contributed by atoms with van der Waals surface area (Å²) in [6.45, 7) is 6.94. The van der Waals surface area contributed by atoms with Gasteiger partial charge in [-0.3, -0.25) is 10.1 Å². The smallest absolute Gasteiger partial charge is 0.256 e. The lowest BCUT2D eigenvalue weighted by Gasteiger charge is -2.40. The maximum Gasteiger partial charge on any atom is 0.256 e. The average Bonchev–Trinajstić information content (AvgIpc) is 3.02. The molecule has 2 aromatic rings. The van der Waals surface area contributed by atoms with Crippen LogP contribution in [0.3, 0.4) is 0 Å². The molecule has 2 aromatic carbocycles. The second-order valence-corrected chi connectivity index (χ2v) is 9.12. The van der Waals surface area contributed by atoms with Crippen LogP contribution in [0.15, 0.2) is 54.6 Å². The van der Waals surface area contributed by atoms with E-state index in [2.05, 4.69) is 73.5 Å². The first kappa shape index (κ1) is 20.2. The van der Waals surface area contributed by atoms with Crippen LogP contribution < -0.4 is 5.32 Å². The Morgan fingerprint density at radius 1 is 1.03 bits per heavy atom. The molecule has 1 aliphatic heterocycles. The van der Waals surface area contributed by atoms with E-state index in [1.54, 1.807) is 0 Å². The fraction of sp³-hybridized carbons (Fsp3) is 0.500. The van der Waals surface area contributed by atoms with Crippen LogP contribution in [0.5, 0.6) is 0 Å². The number of carbonyl (C=O) groups is 1. The summed E-state index contributed by atoms with van der Waals surface area (Å²) in [5.41, 5.74) is 3.35. The van der Waals surface area contributed by atoms with E-state index in [9.17, 15) is 4.79 Å². The minimum absolute atomic E-state index is 0.0118. The lowest BCUT2D eigenvalue weighted by Crippen LogP contribution is -2.49. The number of hydrogen-bond acceptors (Lipinski definition) is 2. The van der Waals surface area contributed by atoms with Crippen molar-refractivity contribution in [2.75, 3.05) is 0 Å². The normalized spacial score (nSPS) is 27.7.